The minimum Gasteiger partial charge on any atom is -0.353 e. The summed E-state index contributed by atoms with van der Waals surface area (Å²) in [6.45, 7) is 6.52. The molecule has 31 heavy (non-hydrogen) atoms. The van der Waals surface area contributed by atoms with Crippen LogP contribution < -0.4 is 0 Å². The van der Waals surface area contributed by atoms with Crippen LogP contribution in [0.5, 0.6) is 0 Å². The number of hydrogen-bond acceptors (Lipinski definition) is 5. The minimum atomic E-state index is -0.598. The van der Waals surface area contributed by atoms with Crippen molar-refractivity contribution < 1.29 is 23.7 Å². The molecule has 1 spiro atoms. The van der Waals surface area contributed by atoms with Crippen LogP contribution in [0.4, 0.5) is 0 Å². The van der Waals surface area contributed by atoms with Crippen LogP contribution in [0.15, 0.2) is 12.2 Å². The van der Waals surface area contributed by atoms with Crippen molar-refractivity contribution in [3.8, 4) is 0 Å². The van der Waals surface area contributed by atoms with Gasteiger partial charge < -0.3 is 23.7 Å². The molecular formula is C26H42O5. The highest BCUT2D eigenvalue weighted by atomic mass is 16.7. The molecule has 2 saturated carbocycles. The van der Waals surface area contributed by atoms with Gasteiger partial charge in [-0.25, -0.2) is 0 Å². The van der Waals surface area contributed by atoms with E-state index in [9.17, 15) is 4.79 Å². The van der Waals surface area contributed by atoms with Gasteiger partial charge in [0.25, 0.3) is 0 Å². The van der Waals surface area contributed by atoms with Crippen molar-refractivity contribution in [1.82, 2.24) is 0 Å². The Morgan fingerprint density at radius 1 is 1.00 bits per heavy atom. The van der Waals surface area contributed by atoms with Gasteiger partial charge in [-0.3, -0.25) is 0 Å². The van der Waals surface area contributed by atoms with Crippen LogP contribution >= 0.6 is 0 Å². The van der Waals surface area contributed by atoms with E-state index in [-0.39, 0.29) is 29.6 Å². The predicted molar refractivity (Wildman–Crippen MR) is 119 cm³/mol. The predicted octanol–water partition coefficient (Wildman–Crippen LogP) is 5.42. The van der Waals surface area contributed by atoms with Gasteiger partial charge >= 0.3 is 0 Å². The molecule has 0 aromatic heterocycles. The topological polar surface area (TPSA) is 54.0 Å². The molecule has 0 aromatic rings. The molecule has 4 rings (SSSR count). The zero-order valence-electron chi connectivity index (χ0n) is 19.6. The fourth-order valence-corrected chi connectivity index (χ4v) is 5.87. The van der Waals surface area contributed by atoms with E-state index >= 15 is 0 Å². The normalized spacial score (nSPS) is 34.8. The van der Waals surface area contributed by atoms with Crippen LogP contribution in [0.25, 0.3) is 0 Å². The first-order valence-electron chi connectivity index (χ1n) is 12.7. The molecule has 5 heteroatoms. The van der Waals surface area contributed by atoms with E-state index in [0.717, 1.165) is 38.6 Å². The molecule has 4 atom stereocenters. The second-order valence-corrected chi connectivity index (χ2v) is 10.9. The SMILES string of the molecule is CC1(C)COC2(CC[C@@H](C=CC(OC3CCCCO3)C3CCCCC3)C2CC=O)OC1. The van der Waals surface area contributed by atoms with Crippen LogP contribution in [0.3, 0.4) is 0 Å². The monoisotopic (exact) mass is 434 g/mol. The summed E-state index contributed by atoms with van der Waals surface area (Å²) in [5.41, 5.74) is 0.0326. The highest BCUT2D eigenvalue weighted by Gasteiger charge is 2.52. The Kier molecular flexibility index (Phi) is 7.90. The Morgan fingerprint density at radius 3 is 2.42 bits per heavy atom. The van der Waals surface area contributed by atoms with E-state index in [1.54, 1.807) is 0 Å². The van der Waals surface area contributed by atoms with Crippen molar-refractivity contribution in [3.63, 3.8) is 0 Å². The van der Waals surface area contributed by atoms with Gasteiger partial charge in [-0.1, -0.05) is 45.3 Å². The molecule has 176 valence electrons. The van der Waals surface area contributed by atoms with Crippen LogP contribution in [0.1, 0.15) is 84.5 Å². The van der Waals surface area contributed by atoms with Gasteiger partial charge in [0.05, 0.1) is 19.3 Å². The van der Waals surface area contributed by atoms with E-state index in [4.69, 9.17) is 18.9 Å². The lowest BCUT2D eigenvalue weighted by Gasteiger charge is -2.45. The standard InChI is InChI=1S/C26H42O5/c1-25(2)18-29-26(30-19-25)15-13-20(22(26)14-16-27)11-12-23(21-8-4-3-5-9-21)31-24-10-6-7-17-28-24/h11-12,16,20-24H,3-10,13-15,17-19H2,1-2H3/t20-,22?,23?,24?/m1/s1. The molecule has 4 aliphatic rings. The minimum absolute atomic E-state index is 0.0326. The summed E-state index contributed by atoms with van der Waals surface area (Å²) < 4.78 is 25.0. The number of rotatable bonds is 7. The molecule has 5 nitrogen and oxygen atoms in total. The van der Waals surface area contributed by atoms with Crippen molar-refractivity contribution in [2.45, 2.75) is 103 Å². The number of carbonyl (C=O) groups is 1. The summed E-state index contributed by atoms with van der Waals surface area (Å²) in [5, 5.41) is 0. The summed E-state index contributed by atoms with van der Waals surface area (Å²) in [7, 11) is 0. The van der Waals surface area contributed by atoms with Crippen molar-refractivity contribution in [1.29, 1.82) is 0 Å². The van der Waals surface area contributed by atoms with Crippen molar-refractivity contribution >= 4 is 6.29 Å². The van der Waals surface area contributed by atoms with E-state index in [1.807, 2.05) is 0 Å². The van der Waals surface area contributed by atoms with Crippen LogP contribution in [0, 0.1) is 23.2 Å². The molecule has 0 amide bonds. The number of carbonyl (C=O) groups excluding carboxylic acids is 1. The van der Waals surface area contributed by atoms with Gasteiger partial charge in [0, 0.05) is 30.8 Å². The smallest absolute Gasteiger partial charge is 0.172 e. The molecule has 0 N–H and O–H groups in total. The lowest BCUT2D eigenvalue weighted by Crippen LogP contribution is -2.50. The van der Waals surface area contributed by atoms with Crippen LogP contribution in [0.2, 0.25) is 0 Å². The molecule has 2 aliphatic heterocycles. The first-order chi connectivity index (χ1) is 15.0. The number of allylic oxidation sites excluding steroid dienone is 1. The highest BCUT2D eigenvalue weighted by Crippen LogP contribution is 2.49. The first-order valence-corrected chi connectivity index (χ1v) is 12.7. The molecule has 0 radical (unpaired) electrons. The number of hydrogen-bond donors (Lipinski definition) is 0. The van der Waals surface area contributed by atoms with Gasteiger partial charge in [-0.15, -0.1) is 0 Å². The largest absolute Gasteiger partial charge is 0.353 e. The zero-order chi connectivity index (χ0) is 21.7. The maximum absolute atomic E-state index is 11.5. The fourth-order valence-electron chi connectivity index (χ4n) is 5.87. The fraction of sp³-hybridized carbons (Fsp3) is 0.885. The highest BCUT2D eigenvalue weighted by molar-refractivity contribution is 5.50. The second-order valence-electron chi connectivity index (χ2n) is 10.9. The summed E-state index contributed by atoms with van der Waals surface area (Å²) in [6.07, 6.45) is 17.7. The quantitative estimate of drug-likeness (QED) is 0.396. The zero-order valence-corrected chi connectivity index (χ0v) is 19.6. The number of ether oxygens (including phenoxy) is 4. The van der Waals surface area contributed by atoms with Crippen molar-refractivity contribution in [3.05, 3.63) is 12.2 Å². The van der Waals surface area contributed by atoms with Gasteiger partial charge in [0.1, 0.15) is 6.29 Å². The van der Waals surface area contributed by atoms with Crippen LogP contribution in [-0.2, 0) is 23.7 Å². The lowest BCUT2D eigenvalue weighted by molar-refractivity contribution is -0.315. The van der Waals surface area contributed by atoms with Gasteiger partial charge in [-0.05, 0) is 50.4 Å². The van der Waals surface area contributed by atoms with Crippen molar-refractivity contribution in [2.24, 2.45) is 23.2 Å². The van der Waals surface area contributed by atoms with E-state index in [1.165, 1.54) is 38.5 Å². The average molecular weight is 435 g/mol. The van der Waals surface area contributed by atoms with Crippen molar-refractivity contribution in [2.75, 3.05) is 19.8 Å². The Balaban J connectivity index is 1.45. The Morgan fingerprint density at radius 2 is 1.74 bits per heavy atom. The van der Waals surface area contributed by atoms with Gasteiger partial charge in [-0.2, -0.15) is 0 Å². The third-order valence-corrected chi connectivity index (χ3v) is 7.78. The van der Waals surface area contributed by atoms with E-state index < -0.39 is 5.79 Å². The van der Waals surface area contributed by atoms with Gasteiger partial charge in [0.15, 0.2) is 12.1 Å². The van der Waals surface area contributed by atoms with Crippen LogP contribution in [-0.4, -0.2) is 44.3 Å². The number of aldehydes is 1. The third kappa shape index (κ3) is 5.79. The van der Waals surface area contributed by atoms with E-state index in [0.29, 0.717) is 25.6 Å². The maximum atomic E-state index is 11.5. The summed E-state index contributed by atoms with van der Waals surface area (Å²) in [6, 6.07) is 0. The Hall–Kier alpha value is -0.750. The second kappa shape index (κ2) is 10.5. The molecule has 2 heterocycles. The Bertz CT molecular complexity index is 593. The average Bonchev–Trinajstić information content (AvgIpc) is 3.12. The molecular weight excluding hydrogens is 392 g/mol. The molecule has 0 aromatic carbocycles. The summed E-state index contributed by atoms with van der Waals surface area (Å²) in [4.78, 5) is 11.5. The summed E-state index contributed by atoms with van der Waals surface area (Å²) in [5.74, 6) is 0.334. The third-order valence-electron chi connectivity index (χ3n) is 7.78. The lowest BCUT2D eigenvalue weighted by atomic mass is 9.83. The molecule has 0 bridgehead atoms. The molecule has 2 aliphatic carbocycles. The molecule has 3 unspecified atom stereocenters. The summed E-state index contributed by atoms with van der Waals surface area (Å²) >= 11 is 0. The molecule has 4 fully saturated rings. The Labute approximate surface area is 188 Å². The van der Waals surface area contributed by atoms with Gasteiger partial charge in [0.2, 0.25) is 0 Å². The van der Waals surface area contributed by atoms with E-state index in [2.05, 4.69) is 26.0 Å². The first kappa shape index (κ1) is 23.4. The maximum Gasteiger partial charge on any atom is 0.172 e. The molecule has 2 saturated heterocycles.